The summed E-state index contributed by atoms with van der Waals surface area (Å²) in [5.41, 5.74) is 0.177. The number of rotatable bonds is 3. The molecule has 102 valence electrons. The number of nitrogens with one attached hydrogen (secondary N) is 1. The third kappa shape index (κ3) is 2.89. The molecule has 5 nitrogen and oxygen atoms in total. The number of aromatic nitrogens is 1. The first-order valence-corrected chi connectivity index (χ1v) is 6.32. The van der Waals surface area contributed by atoms with Gasteiger partial charge in [-0.2, -0.15) is 0 Å². The van der Waals surface area contributed by atoms with Crippen molar-refractivity contribution in [2.75, 3.05) is 13.1 Å². The Balaban J connectivity index is 2.22. The van der Waals surface area contributed by atoms with Crippen molar-refractivity contribution in [2.24, 2.45) is 0 Å². The lowest BCUT2D eigenvalue weighted by atomic mass is 10.1. The molecule has 2 amide bonds. The number of hydrogen-bond acceptors (Lipinski definition) is 3. The molecule has 6 heteroatoms. The Morgan fingerprint density at radius 2 is 2.37 bits per heavy atom. The van der Waals surface area contributed by atoms with E-state index < -0.39 is 11.9 Å². The minimum Gasteiger partial charge on any atom is -0.353 e. The van der Waals surface area contributed by atoms with E-state index in [0.29, 0.717) is 19.5 Å². The average Bonchev–Trinajstić information content (AvgIpc) is 2.40. The summed E-state index contributed by atoms with van der Waals surface area (Å²) in [6, 6.07) is 0.666. The Bertz CT molecular complexity index is 493. The number of carbonyl (C=O) groups is 2. The highest BCUT2D eigenvalue weighted by Crippen LogP contribution is 2.15. The topological polar surface area (TPSA) is 62.3 Å². The minimum absolute atomic E-state index is 0.147. The maximum Gasteiger partial charge on any atom is 0.256 e. The van der Waals surface area contributed by atoms with Crippen molar-refractivity contribution in [2.45, 2.75) is 25.8 Å². The molecule has 1 fully saturated rings. The standard InChI is InChI=1S/C13H16FN3O2/c1-2-3-11-12(18)16-4-5-17(11)13(19)9-6-10(14)8-15-7-9/h6-8,11H,2-5H2,1H3,(H,16,18). The van der Waals surface area contributed by atoms with Crippen LogP contribution in [-0.4, -0.2) is 40.8 Å². The highest BCUT2D eigenvalue weighted by atomic mass is 19.1. The zero-order valence-corrected chi connectivity index (χ0v) is 10.7. The van der Waals surface area contributed by atoms with E-state index >= 15 is 0 Å². The Kier molecular flexibility index (Phi) is 4.09. The van der Waals surface area contributed by atoms with E-state index in [4.69, 9.17) is 0 Å². The molecule has 0 radical (unpaired) electrons. The van der Waals surface area contributed by atoms with Crippen LogP contribution in [0.2, 0.25) is 0 Å². The van der Waals surface area contributed by atoms with Crippen LogP contribution in [0.4, 0.5) is 4.39 Å². The van der Waals surface area contributed by atoms with E-state index in [0.717, 1.165) is 18.7 Å². The van der Waals surface area contributed by atoms with Crippen LogP contribution >= 0.6 is 0 Å². The lowest BCUT2D eigenvalue weighted by Gasteiger charge is -2.35. The fourth-order valence-corrected chi connectivity index (χ4v) is 2.21. The van der Waals surface area contributed by atoms with Crippen LogP contribution in [0.5, 0.6) is 0 Å². The normalized spacial score (nSPS) is 19.2. The van der Waals surface area contributed by atoms with Crippen molar-refractivity contribution in [3.8, 4) is 0 Å². The molecule has 0 aliphatic carbocycles. The van der Waals surface area contributed by atoms with E-state index in [1.165, 1.54) is 11.1 Å². The first-order valence-electron chi connectivity index (χ1n) is 6.32. The van der Waals surface area contributed by atoms with Crippen LogP contribution in [0.25, 0.3) is 0 Å². The van der Waals surface area contributed by atoms with Crippen LogP contribution < -0.4 is 5.32 Å². The van der Waals surface area contributed by atoms with Crippen LogP contribution in [0.15, 0.2) is 18.5 Å². The number of hydrogen-bond donors (Lipinski definition) is 1. The Hall–Kier alpha value is -1.98. The fraction of sp³-hybridized carbons (Fsp3) is 0.462. The predicted octanol–water partition coefficient (Wildman–Crippen LogP) is 0.961. The van der Waals surface area contributed by atoms with Gasteiger partial charge in [-0.3, -0.25) is 14.6 Å². The maximum atomic E-state index is 13.1. The highest BCUT2D eigenvalue weighted by Gasteiger charge is 2.32. The molecule has 1 N–H and O–H groups in total. The van der Waals surface area contributed by atoms with Gasteiger partial charge in [-0.05, 0) is 12.5 Å². The number of halogens is 1. The van der Waals surface area contributed by atoms with Gasteiger partial charge in [0, 0.05) is 19.3 Å². The Morgan fingerprint density at radius 3 is 3.05 bits per heavy atom. The number of amides is 2. The lowest BCUT2D eigenvalue weighted by molar-refractivity contribution is -0.128. The molecule has 0 spiro atoms. The summed E-state index contributed by atoms with van der Waals surface area (Å²) >= 11 is 0. The SMILES string of the molecule is CCCC1C(=O)NCCN1C(=O)c1cncc(F)c1. The molecule has 0 aromatic carbocycles. The molecule has 1 aliphatic rings. The van der Waals surface area contributed by atoms with E-state index in [1.807, 2.05) is 6.92 Å². The van der Waals surface area contributed by atoms with Crippen molar-refractivity contribution < 1.29 is 14.0 Å². The quantitative estimate of drug-likeness (QED) is 0.885. The lowest BCUT2D eigenvalue weighted by Crippen LogP contribution is -2.57. The fourth-order valence-electron chi connectivity index (χ4n) is 2.21. The van der Waals surface area contributed by atoms with Crippen molar-refractivity contribution in [1.82, 2.24) is 15.2 Å². The summed E-state index contributed by atoms with van der Waals surface area (Å²) < 4.78 is 13.1. The largest absolute Gasteiger partial charge is 0.353 e. The van der Waals surface area contributed by atoms with Crippen LogP contribution in [-0.2, 0) is 4.79 Å². The molecule has 1 aliphatic heterocycles. The molecule has 2 rings (SSSR count). The predicted molar refractivity (Wildman–Crippen MR) is 66.9 cm³/mol. The van der Waals surface area contributed by atoms with Gasteiger partial charge in [0.25, 0.3) is 5.91 Å². The van der Waals surface area contributed by atoms with Crippen molar-refractivity contribution in [3.05, 3.63) is 29.8 Å². The zero-order valence-electron chi connectivity index (χ0n) is 10.7. The smallest absolute Gasteiger partial charge is 0.256 e. The summed E-state index contributed by atoms with van der Waals surface area (Å²) in [7, 11) is 0. The third-order valence-electron chi connectivity index (χ3n) is 3.11. The molecule has 19 heavy (non-hydrogen) atoms. The average molecular weight is 265 g/mol. The Labute approximate surface area is 110 Å². The second kappa shape index (κ2) is 5.77. The van der Waals surface area contributed by atoms with Crippen LogP contribution in [0, 0.1) is 5.82 Å². The molecule has 1 atom stereocenters. The molecular weight excluding hydrogens is 249 g/mol. The summed E-state index contributed by atoms with van der Waals surface area (Å²) in [6.07, 6.45) is 3.76. The molecule has 1 unspecified atom stereocenters. The van der Waals surface area contributed by atoms with Gasteiger partial charge < -0.3 is 10.2 Å². The second-order valence-electron chi connectivity index (χ2n) is 4.49. The molecule has 0 saturated carbocycles. The van der Waals surface area contributed by atoms with Crippen molar-refractivity contribution in [1.29, 1.82) is 0 Å². The van der Waals surface area contributed by atoms with Gasteiger partial charge in [0.05, 0.1) is 11.8 Å². The van der Waals surface area contributed by atoms with Gasteiger partial charge in [-0.15, -0.1) is 0 Å². The number of carbonyl (C=O) groups excluding carboxylic acids is 2. The molecule has 1 aromatic heterocycles. The first kappa shape index (κ1) is 13.5. The first-order chi connectivity index (χ1) is 9.13. The highest BCUT2D eigenvalue weighted by molar-refractivity contribution is 5.98. The van der Waals surface area contributed by atoms with Gasteiger partial charge in [0.2, 0.25) is 5.91 Å². The van der Waals surface area contributed by atoms with Crippen LogP contribution in [0.3, 0.4) is 0 Å². The molecule has 0 bridgehead atoms. The Morgan fingerprint density at radius 1 is 1.58 bits per heavy atom. The molecule has 2 heterocycles. The summed E-state index contributed by atoms with van der Waals surface area (Å²) in [4.78, 5) is 29.3. The van der Waals surface area contributed by atoms with Gasteiger partial charge in [-0.25, -0.2) is 4.39 Å². The summed E-state index contributed by atoms with van der Waals surface area (Å²) in [6.45, 7) is 2.81. The number of piperazine rings is 1. The maximum absolute atomic E-state index is 13.1. The summed E-state index contributed by atoms with van der Waals surface area (Å²) in [5.74, 6) is -1.05. The third-order valence-corrected chi connectivity index (χ3v) is 3.11. The number of pyridine rings is 1. The van der Waals surface area contributed by atoms with E-state index in [1.54, 1.807) is 0 Å². The van der Waals surface area contributed by atoms with E-state index in [9.17, 15) is 14.0 Å². The molecular formula is C13H16FN3O2. The monoisotopic (exact) mass is 265 g/mol. The minimum atomic E-state index is -0.556. The number of nitrogens with zero attached hydrogens (tertiary/aromatic N) is 2. The van der Waals surface area contributed by atoms with E-state index in [2.05, 4.69) is 10.3 Å². The van der Waals surface area contributed by atoms with Gasteiger partial charge in [0.1, 0.15) is 11.9 Å². The molecule has 1 aromatic rings. The zero-order chi connectivity index (χ0) is 13.8. The van der Waals surface area contributed by atoms with Gasteiger partial charge in [-0.1, -0.05) is 13.3 Å². The van der Waals surface area contributed by atoms with Crippen molar-refractivity contribution in [3.63, 3.8) is 0 Å². The second-order valence-corrected chi connectivity index (χ2v) is 4.49. The van der Waals surface area contributed by atoms with Crippen molar-refractivity contribution >= 4 is 11.8 Å². The van der Waals surface area contributed by atoms with Gasteiger partial charge >= 0.3 is 0 Å². The molecule has 1 saturated heterocycles. The van der Waals surface area contributed by atoms with Gasteiger partial charge in [0.15, 0.2) is 0 Å². The van der Waals surface area contributed by atoms with E-state index in [-0.39, 0.29) is 17.4 Å². The van der Waals surface area contributed by atoms with Crippen LogP contribution in [0.1, 0.15) is 30.1 Å². The summed E-state index contributed by atoms with van der Waals surface area (Å²) in [5, 5.41) is 2.74.